The van der Waals surface area contributed by atoms with E-state index in [0.29, 0.717) is 18.3 Å². The fraction of sp³-hybridized carbons (Fsp3) is 0.857. The van der Waals surface area contributed by atoms with Crippen molar-refractivity contribution in [2.75, 3.05) is 0 Å². The van der Waals surface area contributed by atoms with Crippen molar-refractivity contribution in [2.24, 2.45) is 11.8 Å². The number of amides is 2. The molecule has 4 atom stereocenters. The molecule has 0 radical (unpaired) electrons. The van der Waals surface area contributed by atoms with Gasteiger partial charge in [-0.1, -0.05) is 33.6 Å². The van der Waals surface area contributed by atoms with Gasteiger partial charge < -0.3 is 15.7 Å². The van der Waals surface area contributed by atoms with Crippen LogP contribution in [-0.2, 0) is 4.79 Å². The molecule has 5 nitrogen and oxygen atoms in total. The van der Waals surface area contributed by atoms with Gasteiger partial charge in [-0.2, -0.15) is 0 Å². The van der Waals surface area contributed by atoms with Gasteiger partial charge in [0.1, 0.15) is 6.04 Å². The van der Waals surface area contributed by atoms with Crippen LogP contribution in [0.4, 0.5) is 4.79 Å². The van der Waals surface area contributed by atoms with Crippen molar-refractivity contribution >= 4 is 12.0 Å². The number of carboxylic acid groups (broad SMARTS) is 1. The van der Waals surface area contributed by atoms with Crippen molar-refractivity contribution in [1.82, 2.24) is 10.6 Å². The molecule has 3 N–H and O–H groups in total. The second-order valence-corrected chi connectivity index (χ2v) is 5.67. The van der Waals surface area contributed by atoms with Crippen LogP contribution in [0.3, 0.4) is 0 Å². The molecular weight excluding hydrogens is 244 g/mol. The highest BCUT2D eigenvalue weighted by Gasteiger charge is 2.31. The molecule has 1 rings (SSSR count). The van der Waals surface area contributed by atoms with E-state index in [9.17, 15) is 9.59 Å². The van der Waals surface area contributed by atoms with Crippen LogP contribution in [0.25, 0.3) is 0 Å². The summed E-state index contributed by atoms with van der Waals surface area (Å²) in [4.78, 5) is 22.9. The molecular formula is C14H26N2O3. The van der Waals surface area contributed by atoms with E-state index in [0.717, 1.165) is 25.7 Å². The van der Waals surface area contributed by atoms with Crippen LogP contribution in [-0.4, -0.2) is 29.2 Å². The maximum absolute atomic E-state index is 11.8. The minimum atomic E-state index is -0.962. The Hall–Kier alpha value is -1.26. The first-order chi connectivity index (χ1) is 8.95. The Kier molecular flexibility index (Phi) is 6.12. The van der Waals surface area contributed by atoms with Gasteiger partial charge >= 0.3 is 12.0 Å². The summed E-state index contributed by atoms with van der Waals surface area (Å²) in [6.45, 7) is 6.32. The van der Waals surface area contributed by atoms with Crippen LogP contribution in [0.2, 0.25) is 0 Å². The van der Waals surface area contributed by atoms with Gasteiger partial charge in [-0.3, -0.25) is 0 Å². The van der Waals surface area contributed by atoms with Gasteiger partial charge in [0, 0.05) is 6.04 Å². The van der Waals surface area contributed by atoms with E-state index in [4.69, 9.17) is 5.11 Å². The Bertz CT molecular complexity index is 320. The van der Waals surface area contributed by atoms with Crippen LogP contribution in [0.1, 0.15) is 52.9 Å². The minimum Gasteiger partial charge on any atom is -0.480 e. The molecule has 0 spiro atoms. The summed E-state index contributed by atoms with van der Waals surface area (Å²) < 4.78 is 0. The lowest BCUT2D eigenvalue weighted by Crippen LogP contribution is -2.49. The molecule has 2 amide bonds. The van der Waals surface area contributed by atoms with Crippen LogP contribution >= 0.6 is 0 Å². The quantitative estimate of drug-likeness (QED) is 0.693. The van der Waals surface area contributed by atoms with Crippen molar-refractivity contribution in [3.05, 3.63) is 0 Å². The predicted molar refractivity (Wildman–Crippen MR) is 74.0 cm³/mol. The fourth-order valence-corrected chi connectivity index (χ4v) is 2.60. The third-order valence-corrected chi connectivity index (χ3v) is 4.23. The maximum atomic E-state index is 11.8. The van der Waals surface area contributed by atoms with Crippen LogP contribution in [0.5, 0.6) is 0 Å². The Morgan fingerprint density at radius 1 is 1.32 bits per heavy atom. The number of carbonyl (C=O) groups is 2. The zero-order chi connectivity index (χ0) is 14.4. The number of hydrogen-bond donors (Lipinski definition) is 3. The Balaban J connectivity index is 2.42. The van der Waals surface area contributed by atoms with Gasteiger partial charge in [0.15, 0.2) is 0 Å². The van der Waals surface area contributed by atoms with Gasteiger partial charge in [-0.05, 0) is 31.1 Å². The third kappa shape index (κ3) is 4.73. The molecule has 19 heavy (non-hydrogen) atoms. The molecule has 0 aromatic rings. The molecule has 0 heterocycles. The van der Waals surface area contributed by atoms with E-state index >= 15 is 0 Å². The number of hydrogen-bond acceptors (Lipinski definition) is 2. The largest absolute Gasteiger partial charge is 0.480 e. The molecule has 1 aliphatic rings. The molecule has 0 aromatic carbocycles. The van der Waals surface area contributed by atoms with Crippen molar-refractivity contribution < 1.29 is 14.7 Å². The zero-order valence-electron chi connectivity index (χ0n) is 12.1. The van der Waals surface area contributed by atoms with E-state index in [2.05, 4.69) is 24.5 Å². The van der Waals surface area contributed by atoms with Crippen LogP contribution < -0.4 is 10.6 Å². The summed E-state index contributed by atoms with van der Waals surface area (Å²) in [7, 11) is 0. The highest BCUT2D eigenvalue weighted by molar-refractivity contribution is 5.82. The normalized spacial score (nSPS) is 27.8. The van der Waals surface area contributed by atoms with E-state index in [1.54, 1.807) is 0 Å². The van der Waals surface area contributed by atoms with E-state index in [1.165, 1.54) is 0 Å². The summed E-state index contributed by atoms with van der Waals surface area (Å²) in [5.74, 6) is 0.0989. The Labute approximate surface area is 115 Å². The standard InChI is InChI=1S/C14H26N2O3/c1-4-5-6-12(13(17)18)16-14(19)15-11-8-7-9(2)10(11)3/h9-12H,4-8H2,1-3H3,(H,17,18)(H2,15,16,19). The van der Waals surface area contributed by atoms with Crippen LogP contribution in [0, 0.1) is 11.8 Å². The number of carbonyl (C=O) groups excluding carboxylic acids is 1. The highest BCUT2D eigenvalue weighted by atomic mass is 16.4. The first-order valence-corrected chi connectivity index (χ1v) is 7.25. The molecule has 0 bridgehead atoms. The fourth-order valence-electron chi connectivity index (χ4n) is 2.60. The number of nitrogens with one attached hydrogen (secondary N) is 2. The smallest absolute Gasteiger partial charge is 0.326 e. The third-order valence-electron chi connectivity index (χ3n) is 4.23. The first-order valence-electron chi connectivity index (χ1n) is 7.25. The van der Waals surface area contributed by atoms with Gasteiger partial charge in [0.05, 0.1) is 0 Å². The summed E-state index contributed by atoms with van der Waals surface area (Å²) in [5, 5.41) is 14.5. The van der Waals surface area contributed by atoms with E-state index < -0.39 is 12.0 Å². The summed E-state index contributed by atoms with van der Waals surface area (Å²) in [6.07, 6.45) is 4.29. The lowest BCUT2D eigenvalue weighted by molar-refractivity contribution is -0.139. The molecule has 1 saturated carbocycles. The van der Waals surface area contributed by atoms with Gasteiger partial charge in [-0.25, -0.2) is 9.59 Å². The average Bonchev–Trinajstić information content (AvgIpc) is 2.66. The molecule has 0 aliphatic heterocycles. The molecule has 4 unspecified atom stereocenters. The number of urea groups is 1. The molecule has 0 aromatic heterocycles. The monoisotopic (exact) mass is 270 g/mol. The van der Waals surface area contributed by atoms with Crippen LogP contribution in [0.15, 0.2) is 0 Å². The SMILES string of the molecule is CCCCC(NC(=O)NC1CCC(C)C1C)C(=O)O. The van der Waals surface area contributed by atoms with E-state index in [1.807, 2.05) is 6.92 Å². The Morgan fingerprint density at radius 3 is 2.47 bits per heavy atom. The summed E-state index contributed by atoms with van der Waals surface area (Å²) >= 11 is 0. The van der Waals surface area contributed by atoms with Gasteiger partial charge in [0.25, 0.3) is 0 Å². The number of rotatable bonds is 6. The Morgan fingerprint density at radius 2 is 2.00 bits per heavy atom. The molecule has 110 valence electrons. The maximum Gasteiger partial charge on any atom is 0.326 e. The van der Waals surface area contributed by atoms with E-state index in [-0.39, 0.29) is 12.1 Å². The van der Waals surface area contributed by atoms with Gasteiger partial charge in [-0.15, -0.1) is 0 Å². The molecule has 1 fully saturated rings. The second kappa shape index (κ2) is 7.36. The predicted octanol–water partition coefficient (Wildman–Crippen LogP) is 2.36. The minimum absolute atomic E-state index is 0.163. The van der Waals surface area contributed by atoms with Gasteiger partial charge in [0.2, 0.25) is 0 Å². The summed E-state index contributed by atoms with van der Waals surface area (Å²) in [5.41, 5.74) is 0. The molecule has 0 saturated heterocycles. The average molecular weight is 270 g/mol. The first kappa shape index (κ1) is 15.8. The topological polar surface area (TPSA) is 78.4 Å². The number of carboxylic acids is 1. The lowest BCUT2D eigenvalue weighted by Gasteiger charge is -2.21. The van der Waals surface area contributed by atoms with Crippen molar-refractivity contribution in [3.8, 4) is 0 Å². The lowest BCUT2D eigenvalue weighted by atomic mass is 9.98. The molecule has 1 aliphatic carbocycles. The summed E-state index contributed by atoms with van der Waals surface area (Å²) in [6, 6.07) is -0.973. The second-order valence-electron chi connectivity index (χ2n) is 5.67. The number of unbranched alkanes of at least 4 members (excludes halogenated alkanes) is 1. The number of aliphatic carboxylic acids is 1. The molecule has 5 heteroatoms. The van der Waals surface area contributed by atoms with Crippen molar-refractivity contribution in [3.63, 3.8) is 0 Å². The van der Waals surface area contributed by atoms with Crippen molar-refractivity contribution in [1.29, 1.82) is 0 Å². The van der Waals surface area contributed by atoms with Crippen molar-refractivity contribution in [2.45, 2.75) is 65.0 Å². The highest BCUT2D eigenvalue weighted by Crippen LogP contribution is 2.30. The zero-order valence-corrected chi connectivity index (χ0v) is 12.1.